The molecule has 0 saturated heterocycles. The van der Waals surface area contributed by atoms with Crippen LogP contribution in [0.15, 0.2) is 35.1 Å². The Morgan fingerprint density at radius 3 is 2.74 bits per heavy atom. The van der Waals surface area contributed by atoms with Gasteiger partial charge in [-0.3, -0.25) is 9.59 Å². The van der Waals surface area contributed by atoms with E-state index in [0.717, 1.165) is 5.39 Å². The fourth-order valence-electron chi connectivity index (χ4n) is 1.74. The van der Waals surface area contributed by atoms with Crippen molar-refractivity contribution in [2.24, 2.45) is 5.73 Å². The fraction of sp³-hybridized carbons (Fsp3) is 0.286. The van der Waals surface area contributed by atoms with Gasteiger partial charge in [-0.1, -0.05) is 18.2 Å². The van der Waals surface area contributed by atoms with Crippen LogP contribution in [-0.4, -0.2) is 23.0 Å². The average molecular weight is 259 g/mol. The number of pyridine rings is 1. The third kappa shape index (κ3) is 2.82. The minimum Gasteiger partial charge on any atom is -0.346 e. The van der Waals surface area contributed by atoms with E-state index in [-0.39, 0.29) is 5.56 Å². The number of aromatic amines is 1. The van der Waals surface area contributed by atoms with Gasteiger partial charge in [0.15, 0.2) is 0 Å². The lowest BCUT2D eigenvalue weighted by Crippen LogP contribution is -2.49. The van der Waals surface area contributed by atoms with Crippen LogP contribution in [0, 0.1) is 0 Å². The maximum absolute atomic E-state index is 12.1. The number of carbonyl (C=O) groups excluding carboxylic acids is 1. The van der Waals surface area contributed by atoms with Crippen LogP contribution in [0.3, 0.4) is 0 Å². The second-order valence-corrected chi connectivity index (χ2v) is 5.14. The van der Waals surface area contributed by atoms with Crippen molar-refractivity contribution in [3.05, 3.63) is 46.2 Å². The number of nitrogens with one attached hydrogen (secondary N) is 2. The molecule has 0 spiro atoms. The van der Waals surface area contributed by atoms with E-state index in [1.54, 1.807) is 26.0 Å². The zero-order chi connectivity index (χ0) is 14.0. The zero-order valence-electron chi connectivity index (χ0n) is 11.0. The van der Waals surface area contributed by atoms with Gasteiger partial charge in [0, 0.05) is 17.6 Å². The van der Waals surface area contributed by atoms with Crippen molar-refractivity contribution in [3.8, 4) is 0 Å². The molecular weight excluding hydrogens is 242 g/mol. The summed E-state index contributed by atoms with van der Waals surface area (Å²) in [6, 6.07) is 8.91. The smallest absolute Gasteiger partial charge is 0.261 e. The number of rotatable bonds is 3. The molecule has 5 nitrogen and oxygen atoms in total. The first kappa shape index (κ1) is 13.3. The lowest BCUT2D eigenvalue weighted by Gasteiger charge is -2.23. The lowest BCUT2D eigenvalue weighted by molar-refractivity contribution is 0.0914. The van der Waals surface area contributed by atoms with Crippen molar-refractivity contribution in [1.82, 2.24) is 10.3 Å². The first-order valence-electron chi connectivity index (χ1n) is 6.07. The second-order valence-electron chi connectivity index (χ2n) is 5.14. The first-order chi connectivity index (χ1) is 8.93. The molecule has 2 rings (SSSR count). The Morgan fingerprint density at radius 2 is 2.05 bits per heavy atom. The molecule has 0 saturated carbocycles. The molecular formula is C14H17N3O2. The molecule has 0 aliphatic rings. The number of aromatic nitrogens is 1. The third-order valence-corrected chi connectivity index (χ3v) is 2.96. The van der Waals surface area contributed by atoms with E-state index in [1.807, 2.05) is 18.2 Å². The lowest BCUT2D eigenvalue weighted by atomic mass is 10.1. The molecule has 0 bridgehead atoms. The third-order valence-electron chi connectivity index (χ3n) is 2.96. The van der Waals surface area contributed by atoms with Crippen LogP contribution in [0.2, 0.25) is 0 Å². The number of benzene rings is 1. The number of fused-ring (bicyclic) bond motifs is 1. The molecule has 0 unspecified atom stereocenters. The Bertz CT molecular complexity index is 674. The van der Waals surface area contributed by atoms with Crippen LogP contribution in [0.5, 0.6) is 0 Å². The predicted molar refractivity (Wildman–Crippen MR) is 75.2 cm³/mol. The van der Waals surface area contributed by atoms with Crippen molar-refractivity contribution < 1.29 is 4.79 Å². The van der Waals surface area contributed by atoms with Crippen LogP contribution >= 0.6 is 0 Å². The van der Waals surface area contributed by atoms with Crippen molar-refractivity contribution in [2.75, 3.05) is 6.54 Å². The summed E-state index contributed by atoms with van der Waals surface area (Å²) < 4.78 is 0. The number of para-hydroxylation sites is 1. The van der Waals surface area contributed by atoms with Crippen LogP contribution in [0.4, 0.5) is 0 Å². The van der Waals surface area contributed by atoms with E-state index in [2.05, 4.69) is 10.3 Å². The van der Waals surface area contributed by atoms with Gasteiger partial charge >= 0.3 is 0 Å². The minimum atomic E-state index is -0.546. The van der Waals surface area contributed by atoms with Crippen LogP contribution in [-0.2, 0) is 0 Å². The number of nitrogens with two attached hydrogens (primary N) is 1. The highest BCUT2D eigenvalue weighted by molar-refractivity contribution is 5.97. The van der Waals surface area contributed by atoms with Gasteiger partial charge in [0.2, 0.25) is 0 Å². The molecule has 0 atom stereocenters. The highest BCUT2D eigenvalue weighted by Gasteiger charge is 2.21. The van der Waals surface area contributed by atoms with Gasteiger partial charge in [-0.05, 0) is 31.4 Å². The molecule has 1 heterocycles. The Kier molecular flexibility index (Phi) is 3.40. The summed E-state index contributed by atoms with van der Waals surface area (Å²) in [6.07, 6.45) is 0. The molecule has 19 heavy (non-hydrogen) atoms. The number of hydrogen-bond donors (Lipinski definition) is 3. The highest BCUT2D eigenvalue weighted by atomic mass is 16.2. The summed E-state index contributed by atoms with van der Waals surface area (Å²) in [5, 5.41) is 3.56. The molecule has 2 aromatic rings. The average Bonchev–Trinajstić information content (AvgIpc) is 2.37. The molecule has 4 N–H and O–H groups in total. The van der Waals surface area contributed by atoms with Crippen LogP contribution < -0.4 is 16.6 Å². The van der Waals surface area contributed by atoms with E-state index in [0.29, 0.717) is 12.1 Å². The normalized spacial score (nSPS) is 11.5. The second kappa shape index (κ2) is 4.85. The summed E-state index contributed by atoms with van der Waals surface area (Å²) in [6.45, 7) is 3.91. The number of amides is 1. The van der Waals surface area contributed by atoms with Crippen molar-refractivity contribution >= 4 is 16.8 Å². The zero-order valence-corrected chi connectivity index (χ0v) is 11.0. The van der Waals surface area contributed by atoms with Crippen molar-refractivity contribution in [3.63, 3.8) is 0 Å². The SMILES string of the molecule is CC(C)(CN)NC(=O)c1cc2ccccc2[nH]c1=O. The van der Waals surface area contributed by atoms with Gasteiger partial charge in [-0.15, -0.1) is 0 Å². The first-order valence-corrected chi connectivity index (χ1v) is 6.07. The van der Waals surface area contributed by atoms with Gasteiger partial charge in [0.1, 0.15) is 5.56 Å². The minimum absolute atomic E-state index is 0.0974. The van der Waals surface area contributed by atoms with Crippen LogP contribution in [0.25, 0.3) is 10.9 Å². The summed E-state index contributed by atoms with van der Waals surface area (Å²) in [5.41, 5.74) is 5.42. The summed E-state index contributed by atoms with van der Waals surface area (Å²) >= 11 is 0. The number of carbonyl (C=O) groups is 1. The van der Waals surface area contributed by atoms with E-state index < -0.39 is 17.0 Å². The van der Waals surface area contributed by atoms with Gasteiger partial charge < -0.3 is 16.0 Å². The molecule has 0 aliphatic carbocycles. The van der Waals surface area contributed by atoms with Crippen molar-refractivity contribution in [1.29, 1.82) is 0 Å². The monoisotopic (exact) mass is 259 g/mol. The van der Waals surface area contributed by atoms with Gasteiger partial charge in [-0.25, -0.2) is 0 Å². The van der Waals surface area contributed by atoms with Gasteiger partial charge in [0.05, 0.1) is 0 Å². The maximum Gasteiger partial charge on any atom is 0.261 e. The van der Waals surface area contributed by atoms with Gasteiger partial charge in [0.25, 0.3) is 11.5 Å². The summed E-state index contributed by atoms with van der Waals surface area (Å²) in [7, 11) is 0. The molecule has 0 radical (unpaired) electrons. The highest BCUT2D eigenvalue weighted by Crippen LogP contribution is 2.10. The van der Waals surface area contributed by atoms with Crippen molar-refractivity contribution in [2.45, 2.75) is 19.4 Å². The summed E-state index contributed by atoms with van der Waals surface area (Å²) in [4.78, 5) is 26.7. The largest absolute Gasteiger partial charge is 0.346 e. The summed E-state index contributed by atoms with van der Waals surface area (Å²) in [5.74, 6) is -0.414. The van der Waals surface area contributed by atoms with E-state index in [9.17, 15) is 9.59 Å². The molecule has 1 amide bonds. The topological polar surface area (TPSA) is 88.0 Å². The Morgan fingerprint density at radius 1 is 1.37 bits per heavy atom. The predicted octanol–water partition coefficient (Wildman–Crippen LogP) is 0.995. The van der Waals surface area contributed by atoms with E-state index in [4.69, 9.17) is 5.73 Å². The number of H-pyrrole nitrogens is 1. The molecule has 5 heteroatoms. The number of hydrogen-bond acceptors (Lipinski definition) is 3. The molecule has 0 aliphatic heterocycles. The van der Waals surface area contributed by atoms with Crippen LogP contribution in [0.1, 0.15) is 24.2 Å². The molecule has 100 valence electrons. The Balaban J connectivity index is 2.42. The molecule has 1 aromatic carbocycles. The van der Waals surface area contributed by atoms with E-state index >= 15 is 0 Å². The van der Waals surface area contributed by atoms with Gasteiger partial charge in [-0.2, -0.15) is 0 Å². The Hall–Kier alpha value is -2.14. The fourth-order valence-corrected chi connectivity index (χ4v) is 1.74. The molecule has 0 fully saturated rings. The Labute approximate surface area is 110 Å². The van der Waals surface area contributed by atoms with E-state index in [1.165, 1.54) is 0 Å². The quantitative estimate of drug-likeness (QED) is 0.768. The standard InChI is InChI=1S/C14H17N3O2/c1-14(2,8-15)17-13(19)10-7-9-5-3-4-6-11(9)16-12(10)18/h3-7H,8,15H2,1-2H3,(H,16,18)(H,17,19). The maximum atomic E-state index is 12.1. The molecule has 1 aromatic heterocycles.